The molecular weight excluding hydrogens is 250 g/mol. The van der Waals surface area contributed by atoms with Gasteiger partial charge in [-0.15, -0.1) is 5.10 Å². The van der Waals surface area contributed by atoms with Crippen molar-refractivity contribution in [3.05, 3.63) is 33.8 Å². The van der Waals surface area contributed by atoms with Crippen LogP contribution in [0.2, 0.25) is 0 Å². The second kappa shape index (κ2) is 4.53. The molecule has 1 aliphatic rings. The Labute approximate surface area is 108 Å². The summed E-state index contributed by atoms with van der Waals surface area (Å²) in [4.78, 5) is 11.1. The molecule has 0 bridgehead atoms. The predicted octanol–water partition coefficient (Wildman–Crippen LogP) is 2.16. The normalized spacial score (nSPS) is 14.9. The summed E-state index contributed by atoms with van der Waals surface area (Å²) in [5.74, 6) is -0.632. The lowest BCUT2D eigenvalue weighted by Crippen LogP contribution is -2.09. The zero-order valence-electron chi connectivity index (χ0n) is 9.74. The van der Waals surface area contributed by atoms with Crippen molar-refractivity contribution >= 4 is 17.3 Å². The van der Waals surface area contributed by atoms with Crippen LogP contribution in [0.4, 0.5) is 0 Å². The maximum atomic E-state index is 11.1. The van der Waals surface area contributed by atoms with Gasteiger partial charge in [-0.05, 0) is 41.7 Å². The van der Waals surface area contributed by atoms with Gasteiger partial charge in [0, 0.05) is 12.5 Å². The zero-order chi connectivity index (χ0) is 12.5. The maximum absolute atomic E-state index is 11.1. The van der Waals surface area contributed by atoms with Gasteiger partial charge in [0.1, 0.15) is 0 Å². The lowest BCUT2D eigenvalue weighted by atomic mass is 10.2. The van der Waals surface area contributed by atoms with Gasteiger partial charge in [0.05, 0.1) is 5.69 Å². The molecule has 94 valence electrons. The Kier molecular flexibility index (Phi) is 2.87. The lowest BCUT2D eigenvalue weighted by molar-refractivity contribution is 0.0689. The van der Waals surface area contributed by atoms with Crippen molar-refractivity contribution in [1.82, 2.24) is 15.0 Å². The van der Waals surface area contributed by atoms with Gasteiger partial charge in [-0.25, -0.2) is 9.48 Å². The highest BCUT2D eigenvalue weighted by molar-refractivity contribution is 7.07. The van der Waals surface area contributed by atoms with E-state index in [-0.39, 0.29) is 5.69 Å². The first-order valence-corrected chi connectivity index (χ1v) is 6.87. The van der Waals surface area contributed by atoms with Gasteiger partial charge in [0.15, 0.2) is 5.69 Å². The molecule has 0 radical (unpaired) electrons. The Balaban J connectivity index is 1.81. The highest BCUT2D eigenvalue weighted by atomic mass is 32.1. The summed E-state index contributed by atoms with van der Waals surface area (Å²) in [6.45, 7) is 0.697. The summed E-state index contributed by atoms with van der Waals surface area (Å²) in [7, 11) is 0. The van der Waals surface area contributed by atoms with Gasteiger partial charge in [-0.3, -0.25) is 0 Å². The maximum Gasteiger partial charge on any atom is 0.358 e. The molecule has 3 rings (SSSR count). The van der Waals surface area contributed by atoms with Gasteiger partial charge >= 0.3 is 5.97 Å². The molecule has 0 atom stereocenters. The quantitative estimate of drug-likeness (QED) is 0.897. The number of aryl methyl sites for hydroxylation is 2. The molecule has 2 aromatic heterocycles. The Hall–Kier alpha value is -1.69. The Morgan fingerprint density at radius 2 is 2.39 bits per heavy atom. The van der Waals surface area contributed by atoms with Gasteiger partial charge < -0.3 is 5.11 Å². The molecule has 1 N–H and O–H groups in total. The summed E-state index contributed by atoms with van der Waals surface area (Å²) in [5.41, 5.74) is 2.19. The van der Waals surface area contributed by atoms with Gasteiger partial charge in [-0.2, -0.15) is 11.3 Å². The molecule has 1 fully saturated rings. The molecule has 0 aromatic carbocycles. The van der Waals surface area contributed by atoms with Crippen molar-refractivity contribution in [2.75, 3.05) is 0 Å². The van der Waals surface area contributed by atoms with E-state index in [1.807, 2.05) is 5.38 Å². The molecular formula is C12H13N3O2S. The predicted molar refractivity (Wildman–Crippen MR) is 67.0 cm³/mol. The summed E-state index contributed by atoms with van der Waals surface area (Å²) in [6.07, 6.45) is 2.96. The Bertz CT molecular complexity index is 558. The monoisotopic (exact) mass is 263 g/mol. The summed E-state index contributed by atoms with van der Waals surface area (Å²) < 4.78 is 1.76. The van der Waals surface area contributed by atoms with E-state index in [0.29, 0.717) is 12.5 Å². The van der Waals surface area contributed by atoms with E-state index < -0.39 is 5.97 Å². The van der Waals surface area contributed by atoms with Crippen molar-refractivity contribution in [3.8, 4) is 0 Å². The molecule has 18 heavy (non-hydrogen) atoms. The van der Waals surface area contributed by atoms with Crippen molar-refractivity contribution in [2.24, 2.45) is 0 Å². The van der Waals surface area contributed by atoms with E-state index in [1.54, 1.807) is 16.0 Å². The van der Waals surface area contributed by atoms with Crippen LogP contribution in [0.5, 0.6) is 0 Å². The minimum Gasteiger partial charge on any atom is -0.476 e. The molecule has 5 nitrogen and oxygen atoms in total. The topological polar surface area (TPSA) is 68.0 Å². The van der Waals surface area contributed by atoms with Crippen LogP contribution < -0.4 is 0 Å². The molecule has 1 aliphatic carbocycles. The van der Waals surface area contributed by atoms with Crippen molar-refractivity contribution < 1.29 is 9.90 Å². The number of hydrogen-bond donors (Lipinski definition) is 1. The molecule has 2 aromatic rings. The highest BCUT2D eigenvalue weighted by Crippen LogP contribution is 2.41. The number of carbonyl (C=O) groups is 1. The zero-order valence-corrected chi connectivity index (χ0v) is 10.6. The fourth-order valence-electron chi connectivity index (χ4n) is 2.07. The van der Waals surface area contributed by atoms with E-state index in [9.17, 15) is 4.79 Å². The average Bonchev–Trinajstić information content (AvgIpc) is 2.91. The first kappa shape index (κ1) is 11.4. The summed E-state index contributed by atoms with van der Waals surface area (Å²) >= 11 is 1.67. The first-order valence-electron chi connectivity index (χ1n) is 5.93. The second-order valence-electron chi connectivity index (χ2n) is 4.51. The molecule has 0 amide bonds. The SMILES string of the molecule is O=C(O)c1nnn(CCc2ccsc2)c1C1CC1. The van der Waals surface area contributed by atoms with Crippen LogP contribution >= 0.6 is 11.3 Å². The third-order valence-corrected chi connectivity index (χ3v) is 3.86. The number of nitrogens with zero attached hydrogens (tertiary/aromatic N) is 3. The van der Waals surface area contributed by atoms with Crippen molar-refractivity contribution in [3.63, 3.8) is 0 Å². The van der Waals surface area contributed by atoms with Crippen LogP contribution in [0, 0.1) is 0 Å². The Morgan fingerprint density at radius 3 is 3.00 bits per heavy atom. The van der Waals surface area contributed by atoms with Crippen molar-refractivity contribution in [2.45, 2.75) is 31.7 Å². The van der Waals surface area contributed by atoms with Gasteiger partial charge in [0.25, 0.3) is 0 Å². The second-order valence-corrected chi connectivity index (χ2v) is 5.29. The van der Waals surface area contributed by atoms with Crippen LogP contribution in [-0.4, -0.2) is 26.1 Å². The van der Waals surface area contributed by atoms with E-state index in [2.05, 4.69) is 21.8 Å². The number of carboxylic acids is 1. The molecule has 2 heterocycles. The van der Waals surface area contributed by atoms with Gasteiger partial charge in [-0.1, -0.05) is 5.21 Å². The summed E-state index contributed by atoms with van der Waals surface area (Å²) in [6, 6.07) is 2.08. The molecule has 0 saturated heterocycles. The fraction of sp³-hybridized carbons (Fsp3) is 0.417. The molecule has 0 spiro atoms. The number of rotatable bonds is 5. The fourth-order valence-corrected chi connectivity index (χ4v) is 2.77. The number of hydrogen-bond acceptors (Lipinski definition) is 4. The third kappa shape index (κ3) is 2.15. The van der Waals surface area contributed by atoms with Crippen LogP contribution in [0.25, 0.3) is 0 Å². The van der Waals surface area contributed by atoms with E-state index >= 15 is 0 Å². The molecule has 0 unspecified atom stereocenters. The molecule has 0 aliphatic heterocycles. The van der Waals surface area contributed by atoms with Gasteiger partial charge in [0.2, 0.25) is 0 Å². The Morgan fingerprint density at radius 1 is 1.56 bits per heavy atom. The minimum absolute atomic E-state index is 0.128. The van der Waals surface area contributed by atoms with E-state index in [1.165, 1.54) is 5.56 Å². The highest BCUT2D eigenvalue weighted by Gasteiger charge is 2.33. The smallest absolute Gasteiger partial charge is 0.358 e. The molecule has 1 saturated carbocycles. The molecule has 6 heteroatoms. The standard InChI is InChI=1S/C12H13N3O2S/c16-12(17)10-11(9-1-2-9)15(14-13-10)5-3-8-4-6-18-7-8/h4,6-7,9H,1-3,5H2,(H,16,17). The number of aromatic carboxylic acids is 1. The summed E-state index contributed by atoms with van der Waals surface area (Å²) in [5, 5.41) is 21.0. The van der Waals surface area contributed by atoms with Crippen LogP contribution in [-0.2, 0) is 13.0 Å². The third-order valence-electron chi connectivity index (χ3n) is 3.13. The number of thiophene rings is 1. The minimum atomic E-state index is -0.973. The van der Waals surface area contributed by atoms with Crippen LogP contribution in [0.15, 0.2) is 16.8 Å². The van der Waals surface area contributed by atoms with E-state index in [4.69, 9.17) is 5.11 Å². The van der Waals surface area contributed by atoms with Crippen LogP contribution in [0.1, 0.15) is 40.5 Å². The number of carboxylic acid groups (broad SMARTS) is 1. The largest absolute Gasteiger partial charge is 0.476 e. The lowest BCUT2D eigenvalue weighted by Gasteiger charge is -2.04. The van der Waals surface area contributed by atoms with Crippen LogP contribution in [0.3, 0.4) is 0 Å². The average molecular weight is 263 g/mol. The van der Waals surface area contributed by atoms with Crippen molar-refractivity contribution in [1.29, 1.82) is 0 Å². The number of aromatic nitrogens is 3. The van der Waals surface area contributed by atoms with E-state index in [0.717, 1.165) is 25.0 Å². The first-order chi connectivity index (χ1) is 8.75.